The van der Waals surface area contributed by atoms with Crippen LogP contribution in [0.2, 0.25) is 0 Å². The SMILES string of the molecule is CSc1ccc(CN(C)[C@H](C)C(=O)N2CCNC2=O)cc1. The van der Waals surface area contributed by atoms with E-state index in [-0.39, 0.29) is 18.0 Å². The number of hydrogen-bond donors (Lipinski definition) is 1. The maximum Gasteiger partial charge on any atom is 0.324 e. The first-order valence-corrected chi connectivity index (χ1v) is 8.17. The van der Waals surface area contributed by atoms with Crippen molar-refractivity contribution in [1.29, 1.82) is 0 Å². The molecule has 0 aromatic heterocycles. The fourth-order valence-electron chi connectivity index (χ4n) is 2.25. The summed E-state index contributed by atoms with van der Waals surface area (Å²) >= 11 is 1.71. The van der Waals surface area contributed by atoms with Crippen LogP contribution in [-0.4, -0.2) is 54.2 Å². The van der Waals surface area contributed by atoms with Crippen LogP contribution in [0.4, 0.5) is 4.79 Å². The molecular weight excluding hydrogens is 286 g/mol. The highest BCUT2D eigenvalue weighted by Gasteiger charge is 2.31. The summed E-state index contributed by atoms with van der Waals surface area (Å²) in [5, 5.41) is 2.65. The maximum absolute atomic E-state index is 12.3. The highest BCUT2D eigenvalue weighted by molar-refractivity contribution is 7.98. The molecule has 114 valence electrons. The molecule has 0 aliphatic carbocycles. The molecule has 21 heavy (non-hydrogen) atoms. The predicted octanol–water partition coefficient (Wildman–Crippen LogP) is 1.78. The summed E-state index contributed by atoms with van der Waals surface area (Å²) in [5.41, 5.74) is 1.15. The van der Waals surface area contributed by atoms with Crippen LogP contribution in [0.25, 0.3) is 0 Å². The fourth-order valence-corrected chi connectivity index (χ4v) is 2.66. The van der Waals surface area contributed by atoms with Crippen molar-refractivity contribution in [3.05, 3.63) is 29.8 Å². The number of imide groups is 1. The van der Waals surface area contributed by atoms with Gasteiger partial charge in [-0.3, -0.25) is 14.6 Å². The minimum atomic E-state index is -0.325. The number of urea groups is 1. The molecule has 1 N–H and O–H groups in total. The average Bonchev–Trinajstić information content (AvgIpc) is 2.92. The molecule has 1 aromatic rings. The van der Waals surface area contributed by atoms with E-state index in [0.717, 1.165) is 5.56 Å². The van der Waals surface area contributed by atoms with Gasteiger partial charge in [-0.05, 0) is 37.9 Å². The molecule has 1 aromatic carbocycles. The van der Waals surface area contributed by atoms with Crippen LogP contribution in [-0.2, 0) is 11.3 Å². The van der Waals surface area contributed by atoms with Crippen LogP contribution in [0, 0.1) is 0 Å². The summed E-state index contributed by atoms with van der Waals surface area (Å²) in [6.45, 7) is 3.51. The Labute approximate surface area is 129 Å². The molecule has 0 saturated carbocycles. The van der Waals surface area contributed by atoms with Gasteiger partial charge in [0.2, 0.25) is 5.91 Å². The summed E-state index contributed by atoms with van der Waals surface area (Å²) in [6.07, 6.45) is 2.04. The van der Waals surface area contributed by atoms with Crippen molar-refractivity contribution < 1.29 is 9.59 Å². The van der Waals surface area contributed by atoms with E-state index in [2.05, 4.69) is 29.6 Å². The Kier molecular flexibility index (Phi) is 5.25. The van der Waals surface area contributed by atoms with Crippen LogP contribution in [0.5, 0.6) is 0 Å². The number of nitrogens with zero attached hydrogens (tertiary/aromatic N) is 2. The minimum absolute atomic E-state index is 0.145. The number of carbonyl (C=O) groups excluding carboxylic acids is 2. The van der Waals surface area contributed by atoms with Gasteiger partial charge in [-0.15, -0.1) is 11.8 Å². The van der Waals surface area contributed by atoms with E-state index in [1.807, 2.05) is 25.1 Å². The first-order chi connectivity index (χ1) is 10.0. The van der Waals surface area contributed by atoms with Gasteiger partial charge in [0, 0.05) is 24.5 Å². The molecular formula is C15H21N3O2S. The van der Waals surface area contributed by atoms with Crippen molar-refractivity contribution in [2.45, 2.75) is 24.4 Å². The van der Waals surface area contributed by atoms with Crippen molar-refractivity contribution >= 4 is 23.7 Å². The van der Waals surface area contributed by atoms with Crippen molar-refractivity contribution in [3.8, 4) is 0 Å². The molecule has 0 spiro atoms. The Morgan fingerprint density at radius 3 is 2.62 bits per heavy atom. The summed E-state index contributed by atoms with van der Waals surface area (Å²) in [6, 6.07) is 7.69. The Hall–Kier alpha value is -1.53. The second-order valence-electron chi connectivity index (χ2n) is 5.16. The standard InChI is InChI=1S/C15H21N3O2S/c1-11(14(19)18-9-8-16-15(18)20)17(2)10-12-4-6-13(21-3)7-5-12/h4-7,11H,8-10H2,1-3H3,(H,16,20)/t11-/m1/s1. The zero-order valence-corrected chi connectivity index (χ0v) is 13.4. The molecule has 3 amide bonds. The van der Waals surface area contributed by atoms with Gasteiger partial charge in [0.1, 0.15) is 0 Å². The second-order valence-corrected chi connectivity index (χ2v) is 6.04. The first kappa shape index (κ1) is 15.9. The molecule has 0 unspecified atom stereocenters. The Balaban J connectivity index is 1.96. The number of amides is 3. The van der Waals surface area contributed by atoms with Crippen molar-refractivity contribution in [2.75, 3.05) is 26.4 Å². The number of hydrogen-bond acceptors (Lipinski definition) is 4. The molecule has 1 atom stereocenters. The smallest absolute Gasteiger partial charge is 0.324 e. The van der Waals surface area contributed by atoms with E-state index in [9.17, 15) is 9.59 Å². The monoisotopic (exact) mass is 307 g/mol. The molecule has 1 fully saturated rings. The number of likely N-dealkylation sites (N-methyl/N-ethyl adjacent to an activating group) is 1. The summed E-state index contributed by atoms with van der Waals surface area (Å²) in [4.78, 5) is 28.3. The van der Waals surface area contributed by atoms with E-state index in [0.29, 0.717) is 19.6 Å². The minimum Gasteiger partial charge on any atom is -0.336 e. The molecule has 0 radical (unpaired) electrons. The first-order valence-electron chi connectivity index (χ1n) is 6.95. The van der Waals surface area contributed by atoms with Gasteiger partial charge >= 0.3 is 6.03 Å². The van der Waals surface area contributed by atoms with E-state index in [4.69, 9.17) is 0 Å². The number of rotatable bonds is 5. The van der Waals surface area contributed by atoms with Gasteiger partial charge in [-0.1, -0.05) is 12.1 Å². The predicted molar refractivity (Wildman–Crippen MR) is 84.3 cm³/mol. The van der Waals surface area contributed by atoms with Gasteiger partial charge in [0.15, 0.2) is 0 Å². The lowest BCUT2D eigenvalue weighted by Crippen LogP contribution is -2.46. The highest BCUT2D eigenvalue weighted by Crippen LogP contribution is 2.16. The van der Waals surface area contributed by atoms with E-state index in [1.165, 1.54) is 9.80 Å². The third-order valence-electron chi connectivity index (χ3n) is 3.73. The Bertz CT molecular complexity index is 518. The van der Waals surface area contributed by atoms with E-state index in [1.54, 1.807) is 11.8 Å². The highest BCUT2D eigenvalue weighted by atomic mass is 32.2. The summed E-state index contributed by atoms with van der Waals surface area (Å²) in [5.74, 6) is -0.145. The molecule has 1 aliphatic rings. The Morgan fingerprint density at radius 2 is 2.10 bits per heavy atom. The third kappa shape index (κ3) is 3.77. The molecule has 1 aliphatic heterocycles. The van der Waals surface area contributed by atoms with Gasteiger partial charge in [0.05, 0.1) is 6.04 Å². The quantitative estimate of drug-likeness (QED) is 0.843. The number of benzene rings is 1. The van der Waals surface area contributed by atoms with Crippen LogP contribution >= 0.6 is 11.8 Å². The zero-order chi connectivity index (χ0) is 15.4. The number of thioether (sulfide) groups is 1. The maximum atomic E-state index is 12.3. The lowest BCUT2D eigenvalue weighted by Gasteiger charge is -2.26. The van der Waals surface area contributed by atoms with Crippen LogP contribution in [0.1, 0.15) is 12.5 Å². The number of nitrogens with one attached hydrogen (secondary N) is 1. The number of carbonyl (C=O) groups is 2. The molecule has 0 bridgehead atoms. The zero-order valence-electron chi connectivity index (χ0n) is 12.6. The fraction of sp³-hybridized carbons (Fsp3) is 0.467. The van der Waals surface area contributed by atoms with Crippen molar-refractivity contribution in [1.82, 2.24) is 15.1 Å². The van der Waals surface area contributed by atoms with Crippen molar-refractivity contribution in [3.63, 3.8) is 0 Å². The summed E-state index contributed by atoms with van der Waals surface area (Å²) in [7, 11) is 1.90. The topological polar surface area (TPSA) is 52.7 Å². The third-order valence-corrected chi connectivity index (χ3v) is 4.48. The lowest BCUT2D eigenvalue weighted by molar-refractivity contribution is -0.132. The molecule has 2 rings (SSSR count). The molecule has 1 heterocycles. The molecule has 1 saturated heterocycles. The van der Waals surface area contributed by atoms with Gasteiger partial charge in [-0.25, -0.2) is 4.79 Å². The van der Waals surface area contributed by atoms with Crippen LogP contribution in [0.3, 0.4) is 0 Å². The largest absolute Gasteiger partial charge is 0.336 e. The van der Waals surface area contributed by atoms with Gasteiger partial charge in [0.25, 0.3) is 0 Å². The molecule has 6 heteroatoms. The van der Waals surface area contributed by atoms with Crippen molar-refractivity contribution in [2.24, 2.45) is 0 Å². The van der Waals surface area contributed by atoms with Crippen LogP contribution < -0.4 is 5.32 Å². The Morgan fingerprint density at radius 1 is 1.43 bits per heavy atom. The van der Waals surface area contributed by atoms with Gasteiger partial charge < -0.3 is 5.32 Å². The molecule has 5 nitrogen and oxygen atoms in total. The second kappa shape index (κ2) is 6.95. The normalized spacial score (nSPS) is 16.2. The van der Waals surface area contributed by atoms with E-state index >= 15 is 0 Å². The van der Waals surface area contributed by atoms with E-state index < -0.39 is 0 Å². The summed E-state index contributed by atoms with van der Waals surface area (Å²) < 4.78 is 0. The average molecular weight is 307 g/mol. The van der Waals surface area contributed by atoms with Crippen LogP contribution in [0.15, 0.2) is 29.2 Å². The van der Waals surface area contributed by atoms with Gasteiger partial charge in [-0.2, -0.15) is 0 Å². The lowest BCUT2D eigenvalue weighted by atomic mass is 10.2.